The number of fused-ring (bicyclic) bond motifs is 4. The van der Waals surface area contributed by atoms with Gasteiger partial charge in [-0.05, 0) is 37.2 Å². The molecule has 1 N–H and O–H groups in total. The summed E-state index contributed by atoms with van der Waals surface area (Å²) in [6, 6.07) is 16.6. The van der Waals surface area contributed by atoms with E-state index in [0.717, 1.165) is 41.6 Å². The molecule has 25 heavy (non-hydrogen) atoms. The highest BCUT2D eigenvalue weighted by Gasteiger charge is 2.48. The number of rotatable bonds is 4. The molecule has 2 aliphatic heterocycles. The Morgan fingerprint density at radius 1 is 1.24 bits per heavy atom. The average Bonchev–Trinajstić information content (AvgIpc) is 2.61. The van der Waals surface area contributed by atoms with E-state index in [1.807, 2.05) is 18.2 Å². The largest absolute Gasteiger partial charge is 0.493 e. The van der Waals surface area contributed by atoms with E-state index in [1.165, 1.54) is 5.56 Å². The minimum Gasteiger partial charge on any atom is -0.493 e. The summed E-state index contributed by atoms with van der Waals surface area (Å²) in [5.74, 6) is 1.59. The molecule has 2 aliphatic rings. The van der Waals surface area contributed by atoms with Crippen molar-refractivity contribution < 1.29 is 9.47 Å². The quantitative estimate of drug-likeness (QED) is 0.848. The van der Waals surface area contributed by atoms with Crippen LogP contribution >= 0.6 is 12.2 Å². The summed E-state index contributed by atoms with van der Waals surface area (Å²) >= 11 is 5.66. The average molecular weight is 354 g/mol. The van der Waals surface area contributed by atoms with Crippen LogP contribution in [0.4, 0.5) is 0 Å². The maximum atomic E-state index is 6.46. The molecule has 2 heterocycles. The van der Waals surface area contributed by atoms with E-state index in [9.17, 15) is 0 Å². The molecular formula is C20H22N2O2S. The Balaban J connectivity index is 1.62. The third-order valence-electron chi connectivity index (χ3n) is 5.09. The molecule has 2 unspecified atom stereocenters. The molecule has 0 amide bonds. The van der Waals surface area contributed by atoms with E-state index in [2.05, 4.69) is 47.5 Å². The molecule has 4 nitrogen and oxygen atoms in total. The fraction of sp³-hybridized carbons (Fsp3) is 0.350. The topological polar surface area (TPSA) is 33.7 Å². The van der Waals surface area contributed by atoms with E-state index in [0.29, 0.717) is 0 Å². The van der Waals surface area contributed by atoms with Gasteiger partial charge in [-0.15, -0.1) is 0 Å². The van der Waals surface area contributed by atoms with Crippen molar-refractivity contribution in [2.24, 2.45) is 0 Å². The van der Waals surface area contributed by atoms with Gasteiger partial charge in [-0.3, -0.25) is 0 Å². The zero-order chi connectivity index (χ0) is 17.4. The van der Waals surface area contributed by atoms with E-state index in [4.69, 9.17) is 21.7 Å². The van der Waals surface area contributed by atoms with Gasteiger partial charge in [0, 0.05) is 18.5 Å². The second-order valence-corrected chi connectivity index (χ2v) is 7.14. The van der Waals surface area contributed by atoms with Crippen LogP contribution in [-0.4, -0.2) is 29.4 Å². The number of benzene rings is 2. The standard InChI is InChI=1S/C20H22N2O2S/c1-20-13-16(15-9-6-10-17(23-2)18(15)24-20)21-19(25)22(20)12-11-14-7-4-3-5-8-14/h3-10,16H,11-13H2,1-2H3,(H,21,25). The number of nitrogens with zero attached hydrogens (tertiary/aromatic N) is 1. The molecule has 5 heteroatoms. The predicted molar refractivity (Wildman–Crippen MR) is 102 cm³/mol. The van der Waals surface area contributed by atoms with Crippen LogP contribution in [0.3, 0.4) is 0 Å². The zero-order valence-electron chi connectivity index (χ0n) is 14.5. The smallest absolute Gasteiger partial charge is 0.184 e. The molecule has 2 aromatic carbocycles. The minimum absolute atomic E-state index is 0.157. The second-order valence-electron chi connectivity index (χ2n) is 6.75. The van der Waals surface area contributed by atoms with Crippen LogP contribution in [-0.2, 0) is 6.42 Å². The van der Waals surface area contributed by atoms with Crippen molar-refractivity contribution in [3.8, 4) is 11.5 Å². The Morgan fingerprint density at radius 2 is 2.04 bits per heavy atom. The molecule has 0 radical (unpaired) electrons. The second kappa shape index (κ2) is 6.23. The Bertz CT molecular complexity index is 796. The number of hydrogen-bond acceptors (Lipinski definition) is 3. The van der Waals surface area contributed by atoms with Crippen molar-refractivity contribution >= 4 is 17.3 Å². The van der Waals surface area contributed by atoms with Gasteiger partial charge in [0.05, 0.1) is 13.2 Å². The maximum absolute atomic E-state index is 6.46. The van der Waals surface area contributed by atoms with Crippen LogP contribution < -0.4 is 14.8 Å². The van der Waals surface area contributed by atoms with Gasteiger partial charge < -0.3 is 19.7 Å². The molecule has 4 rings (SSSR count). The third kappa shape index (κ3) is 2.82. The van der Waals surface area contributed by atoms with E-state index in [-0.39, 0.29) is 6.04 Å². The van der Waals surface area contributed by atoms with Crippen molar-refractivity contribution in [3.63, 3.8) is 0 Å². The number of hydrogen-bond donors (Lipinski definition) is 1. The monoisotopic (exact) mass is 354 g/mol. The predicted octanol–water partition coefficient (Wildman–Crippen LogP) is 3.67. The highest BCUT2D eigenvalue weighted by atomic mass is 32.1. The van der Waals surface area contributed by atoms with E-state index in [1.54, 1.807) is 7.11 Å². The van der Waals surface area contributed by atoms with Crippen molar-refractivity contribution in [1.29, 1.82) is 0 Å². The van der Waals surface area contributed by atoms with Gasteiger partial charge in [0.25, 0.3) is 0 Å². The minimum atomic E-state index is -0.469. The Labute approximate surface area is 153 Å². The van der Waals surface area contributed by atoms with E-state index < -0.39 is 5.72 Å². The molecular weight excluding hydrogens is 332 g/mol. The van der Waals surface area contributed by atoms with Crippen LogP contribution in [0.25, 0.3) is 0 Å². The first-order chi connectivity index (χ1) is 12.1. The fourth-order valence-electron chi connectivity index (χ4n) is 3.79. The van der Waals surface area contributed by atoms with Gasteiger partial charge >= 0.3 is 0 Å². The van der Waals surface area contributed by atoms with Gasteiger partial charge in [0.15, 0.2) is 22.3 Å². The number of thiocarbonyl (C=S) groups is 1. The lowest BCUT2D eigenvalue weighted by Crippen LogP contribution is -2.64. The first-order valence-corrected chi connectivity index (χ1v) is 8.99. The number of ether oxygens (including phenoxy) is 2. The molecule has 1 fully saturated rings. The first kappa shape index (κ1) is 16.2. The van der Waals surface area contributed by atoms with Crippen LogP contribution in [0.5, 0.6) is 11.5 Å². The molecule has 130 valence electrons. The van der Waals surface area contributed by atoms with Gasteiger partial charge in [-0.2, -0.15) is 0 Å². The molecule has 1 saturated heterocycles. The number of para-hydroxylation sites is 1. The van der Waals surface area contributed by atoms with Crippen molar-refractivity contribution in [3.05, 3.63) is 59.7 Å². The lowest BCUT2D eigenvalue weighted by molar-refractivity contribution is -0.0690. The van der Waals surface area contributed by atoms with E-state index >= 15 is 0 Å². The van der Waals surface area contributed by atoms with Crippen molar-refractivity contribution in [2.45, 2.75) is 31.5 Å². The number of methoxy groups -OCH3 is 1. The zero-order valence-corrected chi connectivity index (χ0v) is 15.3. The summed E-state index contributed by atoms with van der Waals surface area (Å²) in [7, 11) is 1.68. The van der Waals surface area contributed by atoms with Gasteiger partial charge in [0.2, 0.25) is 0 Å². The van der Waals surface area contributed by atoms with Crippen molar-refractivity contribution in [2.75, 3.05) is 13.7 Å². The normalized spacial score (nSPS) is 24.2. The summed E-state index contributed by atoms with van der Waals surface area (Å²) in [6.07, 6.45) is 1.77. The Hall–Kier alpha value is -2.27. The first-order valence-electron chi connectivity index (χ1n) is 8.59. The molecule has 0 aromatic heterocycles. The molecule has 2 aromatic rings. The highest BCUT2D eigenvalue weighted by molar-refractivity contribution is 7.80. The molecule has 0 saturated carbocycles. The number of nitrogens with one attached hydrogen (secondary N) is 1. The summed E-state index contributed by atoms with van der Waals surface area (Å²) in [5, 5.41) is 4.24. The van der Waals surface area contributed by atoms with Crippen LogP contribution in [0.15, 0.2) is 48.5 Å². The van der Waals surface area contributed by atoms with Crippen LogP contribution in [0.2, 0.25) is 0 Å². The lowest BCUT2D eigenvalue weighted by Gasteiger charge is -2.52. The maximum Gasteiger partial charge on any atom is 0.184 e. The van der Waals surface area contributed by atoms with Gasteiger partial charge in [0.1, 0.15) is 0 Å². The summed E-state index contributed by atoms with van der Waals surface area (Å²) in [6.45, 7) is 2.93. The van der Waals surface area contributed by atoms with Crippen molar-refractivity contribution in [1.82, 2.24) is 10.2 Å². The highest BCUT2D eigenvalue weighted by Crippen LogP contribution is 2.47. The molecule has 0 aliphatic carbocycles. The van der Waals surface area contributed by atoms with Gasteiger partial charge in [-0.25, -0.2) is 0 Å². The molecule has 2 atom stereocenters. The van der Waals surface area contributed by atoms with Gasteiger partial charge in [-0.1, -0.05) is 42.5 Å². The Morgan fingerprint density at radius 3 is 2.80 bits per heavy atom. The summed E-state index contributed by atoms with van der Waals surface area (Å²) < 4.78 is 12.0. The third-order valence-corrected chi connectivity index (χ3v) is 5.43. The summed E-state index contributed by atoms with van der Waals surface area (Å²) in [4.78, 5) is 2.17. The molecule has 0 spiro atoms. The van der Waals surface area contributed by atoms with Crippen LogP contribution in [0.1, 0.15) is 30.5 Å². The van der Waals surface area contributed by atoms with Crippen LogP contribution in [0, 0.1) is 0 Å². The SMILES string of the molecule is COc1cccc2c1OC1(C)CC2NC(=S)N1CCc1ccccc1. The summed E-state index contributed by atoms with van der Waals surface area (Å²) in [5.41, 5.74) is 1.94. The fourth-order valence-corrected chi connectivity index (χ4v) is 4.21. The molecule has 2 bridgehead atoms. The lowest BCUT2D eigenvalue weighted by atomic mass is 9.90. The Kier molecular flexibility index (Phi) is 4.04.